The Bertz CT molecular complexity index is 516. The Labute approximate surface area is 182 Å². The summed E-state index contributed by atoms with van der Waals surface area (Å²) < 4.78 is 19.4. The number of ether oxygens (including phenoxy) is 1. The Morgan fingerprint density at radius 1 is 0.966 bits per heavy atom. The molecular formula is C23H48O4Si2. The van der Waals surface area contributed by atoms with Crippen molar-refractivity contribution in [3.63, 3.8) is 0 Å². The lowest BCUT2D eigenvalue weighted by Gasteiger charge is -2.45. The van der Waals surface area contributed by atoms with E-state index in [2.05, 4.69) is 75.4 Å². The first-order valence-electron chi connectivity index (χ1n) is 11.5. The first-order chi connectivity index (χ1) is 13.0. The Morgan fingerprint density at radius 2 is 1.45 bits per heavy atom. The van der Waals surface area contributed by atoms with E-state index in [1.54, 1.807) is 0 Å². The van der Waals surface area contributed by atoms with Crippen LogP contribution in [0.2, 0.25) is 34.8 Å². The minimum absolute atomic E-state index is 0.0521. The number of esters is 1. The van der Waals surface area contributed by atoms with Gasteiger partial charge in [-0.1, -0.05) is 62.3 Å². The van der Waals surface area contributed by atoms with Gasteiger partial charge in [0.1, 0.15) is 6.10 Å². The van der Waals surface area contributed by atoms with Crippen LogP contribution in [0.1, 0.15) is 82.1 Å². The third-order valence-corrected chi connectivity index (χ3v) is 18.1. The van der Waals surface area contributed by atoms with Crippen LogP contribution in [0.3, 0.4) is 0 Å². The van der Waals surface area contributed by atoms with Gasteiger partial charge in [-0.3, -0.25) is 4.79 Å². The lowest BCUT2D eigenvalue weighted by molar-refractivity contribution is -0.146. The minimum Gasteiger partial charge on any atom is -0.462 e. The fourth-order valence-corrected chi connectivity index (χ4v) is 11.6. The highest BCUT2D eigenvalue weighted by molar-refractivity contribution is 6.77. The van der Waals surface area contributed by atoms with Crippen LogP contribution in [0.4, 0.5) is 0 Å². The van der Waals surface area contributed by atoms with E-state index in [1.165, 1.54) is 6.92 Å². The van der Waals surface area contributed by atoms with Crippen molar-refractivity contribution in [2.45, 2.75) is 129 Å². The smallest absolute Gasteiger partial charge is 0.302 e. The highest BCUT2D eigenvalue weighted by Crippen LogP contribution is 2.46. The molecule has 0 bridgehead atoms. The maximum atomic E-state index is 11.6. The third kappa shape index (κ3) is 6.40. The molecule has 0 saturated heterocycles. The van der Waals surface area contributed by atoms with E-state index in [1.807, 2.05) is 0 Å². The molecule has 3 unspecified atom stereocenters. The second kappa shape index (κ2) is 9.96. The van der Waals surface area contributed by atoms with Gasteiger partial charge in [0.05, 0.1) is 6.10 Å². The topological polar surface area (TPSA) is 44.8 Å². The zero-order valence-electron chi connectivity index (χ0n) is 21.2. The van der Waals surface area contributed by atoms with Gasteiger partial charge in [0.15, 0.2) is 8.32 Å². The molecule has 4 nitrogen and oxygen atoms in total. The molecule has 3 atom stereocenters. The van der Waals surface area contributed by atoms with Crippen molar-refractivity contribution in [3.8, 4) is 0 Å². The Balaban J connectivity index is 3.09. The average molecular weight is 445 g/mol. The van der Waals surface area contributed by atoms with Crippen LogP contribution < -0.4 is 0 Å². The largest absolute Gasteiger partial charge is 0.462 e. The molecule has 6 heteroatoms. The Hall–Kier alpha value is -0.176. The highest BCUT2D eigenvalue weighted by Gasteiger charge is 2.50. The second-order valence-corrected chi connectivity index (χ2v) is 21.7. The summed E-state index contributed by atoms with van der Waals surface area (Å²) in [6.45, 7) is 27.6. The molecule has 1 aliphatic rings. The van der Waals surface area contributed by atoms with Crippen LogP contribution in [0.5, 0.6) is 0 Å². The van der Waals surface area contributed by atoms with Crippen molar-refractivity contribution in [1.29, 1.82) is 0 Å². The SMILES string of the molecule is CC(=O)OC1CC(CO[Si](C)(C)C(C)(C)C)C(O[Si](C(C)C)(C(C)C)C(C)C)C1. The monoisotopic (exact) mass is 444 g/mol. The van der Waals surface area contributed by atoms with Gasteiger partial charge in [-0.05, 0) is 41.2 Å². The summed E-state index contributed by atoms with van der Waals surface area (Å²) in [5.74, 6) is 0.0939. The summed E-state index contributed by atoms with van der Waals surface area (Å²) in [5, 5.41) is 0.184. The van der Waals surface area contributed by atoms with Crippen LogP contribution >= 0.6 is 0 Å². The molecular weight excluding hydrogens is 396 g/mol. The van der Waals surface area contributed by atoms with E-state index < -0.39 is 16.6 Å². The quantitative estimate of drug-likeness (QED) is 0.286. The van der Waals surface area contributed by atoms with Gasteiger partial charge in [-0.2, -0.15) is 0 Å². The molecule has 0 heterocycles. The number of carbonyl (C=O) groups excluding carboxylic acids is 1. The first kappa shape index (κ1) is 26.9. The fraction of sp³-hybridized carbons (Fsp3) is 0.957. The predicted molar refractivity (Wildman–Crippen MR) is 127 cm³/mol. The molecule has 0 aromatic rings. The summed E-state index contributed by atoms with van der Waals surface area (Å²) in [6, 6.07) is 0. The zero-order valence-corrected chi connectivity index (χ0v) is 23.2. The van der Waals surface area contributed by atoms with Gasteiger partial charge in [-0.25, -0.2) is 0 Å². The first-order valence-corrected chi connectivity index (χ1v) is 16.6. The summed E-state index contributed by atoms with van der Waals surface area (Å²) in [6.07, 6.45) is 1.70. The molecule has 0 amide bonds. The molecule has 29 heavy (non-hydrogen) atoms. The van der Waals surface area contributed by atoms with Crippen molar-refractivity contribution in [1.82, 2.24) is 0 Å². The predicted octanol–water partition coefficient (Wildman–Crippen LogP) is 6.91. The minimum atomic E-state index is -2.00. The van der Waals surface area contributed by atoms with Crippen molar-refractivity contribution >= 4 is 22.6 Å². The third-order valence-electron chi connectivity index (χ3n) is 7.45. The molecule has 172 valence electrons. The molecule has 0 N–H and O–H groups in total. The highest BCUT2D eigenvalue weighted by atomic mass is 28.4. The maximum absolute atomic E-state index is 11.6. The molecule has 1 fully saturated rings. The van der Waals surface area contributed by atoms with Crippen LogP contribution in [0, 0.1) is 5.92 Å². The van der Waals surface area contributed by atoms with E-state index in [0.717, 1.165) is 12.8 Å². The number of carbonyl (C=O) groups is 1. The van der Waals surface area contributed by atoms with Gasteiger partial charge < -0.3 is 13.6 Å². The number of hydrogen-bond acceptors (Lipinski definition) is 4. The average Bonchev–Trinajstić information content (AvgIpc) is 2.89. The lowest BCUT2D eigenvalue weighted by Crippen LogP contribution is -2.51. The molecule has 0 spiro atoms. The van der Waals surface area contributed by atoms with E-state index in [4.69, 9.17) is 13.6 Å². The van der Waals surface area contributed by atoms with Crippen LogP contribution in [-0.4, -0.2) is 41.4 Å². The van der Waals surface area contributed by atoms with E-state index >= 15 is 0 Å². The molecule has 0 aromatic carbocycles. The van der Waals surface area contributed by atoms with Crippen molar-refractivity contribution in [3.05, 3.63) is 0 Å². The standard InChI is InChI=1S/C23H48O4Si2/c1-16(2)29(17(3)4,18(5)6)27-22-14-21(26-19(7)24)13-20(22)15-25-28(11,12)23(8,9)10/h16-18,20-22H,13-15H2,1-12H3. The molecule has 0 aromatic heterocycles. The van der Waals surface area contributed by atoms with Crippen molar-refractivity contribution in [2.75, 3.05) is 6.61 Å². The molecule has 0 aliphatic heterocycles. The van der Waals surface area contributed by atoms with E-state index in [9.17, 15) is 4.79 Å². The fourth-order valence-electron chi connectivity index (χ4n) is 4.89. The molecule has 0 radical (unpaired) electrons. The van der Waals surface area contributed by atoms with Gasteiger partial charge in [0.25, 0.3) is 0 Å². The summed E-state index contributed by atoms with van der Waals surface area (Å²) in [5.41, 5.74) is 1.62. The number of rotatable bonds is 9. The van der Waals surface area contributed by atoms with Gasteiger partial charge >= 0.3 is 5.97 Å². The van der Waals surface area contributed by atoms with Crippen LogP contribution in [-0.2, 0) is 18.4 Å². The second-order valence-electron chi connectivity index (χ2n) is 11.5. The molecule has 1 saturated carbocycles. The summed E-state index contributed by atoms with van der Waals surface area (Å²) in [7, 11) is -3.83. The Morgan fingerprint density at radius 3 is 1.83 bits per heavy atom. The van der Waals surface area contributed by atoms with E-state index in [0.29, 0.717) is 23.2 Å². The Kier molecular flexibility index (Phi) is 9.23. The summed E-state index contributed by atoms with van der Waals surface area (Å²) in [4.78, 5) is 11.6. The zero-order chi connectivity index (χ0) is 22.8. The molecule has 1 aliphatic carbocycles. The van der Waals surface area contributed by atoms with Gasteiger partial charge in [0, 0.05) is 25.9 Å². The molecule has 1 rings (SSSR count). The maximum Gasteiger partial charge on any atom is 0.302 e. The normalized spacial score (nSPS) is 24.0. The van der Waals surface area contributed by atoms with Gasteiger partial charge in [0.2, 0.25) is 8.32 Å². The summed E-state index contributed by atoms with van der Waals surface area (Å²) >= 11 is 0. The van der Waals surface area contributed by atoms with Crippen molar-refractivity contribution in [2.24, 2.45) is 5.92 Å². The van der Waals surface area contributed by atoms with Crippen LogP contribution in [0.15, 0.2) is 0 Å². The van der Waals surface area contributed by atoms with Crippen molar-refractivity contribution < 1.29 is 18.4 Å². The van der Waals surface area contributed by atoms with Gasteiger partial charge in [-0.15, -0.1) is 0 Å². The number of hydrogen-bond donors (Lipinski definition) is 0. The van der Waals surface area contributed by atoms with E-state index in [-0.39, 0.29) is 29.1 Å². The van der Waals surface area contributed by atoms with Crippen LogP contribution in [0.25, 0.3) is 0 Å². The lowest BCUT2D eigenvalue weighted by atomic mass is 10.1.